The second-order valence-corrected chi connectivity index (χ2v) is 6.66. The highest BCUT2D eigenvalue weighted by Crippen LogP contribution is 2.31. The summed E-state index contributed by atoms with van der Waals surface area (Å²) in [5.74, 6) is 2.51. The van der Waals surface area contributed by atoms with Crippen molar-refractivity contribution in [1.29, 1.82) is 0 Å². The van der Waals surface area contributed by atoms with Crippen LogP contribution in [0.1, 0.15) is 11.3 Å². The third-order valence-corrected chi connectivity index (χ3v) is 4.45. The first-order valence-corrected chi connectivity index (χ1v) is 8.70. The minimum Gasteiger partial charge on any atom is -0.497 e. The fourth-order valence-electron chi connectivity index (χ4n) is 2.38. The standard InChI is InChI=1S/C19H17BrClNO2.ClH/c1-23-15-5-2-13(3-6-15)11-22-12-16-7-9-19(24-16)17-8-4-14(20)10-18(17)21;/h2-10,22H,11-12H2,1H3;1H. The predicted molar refractivity (Wildman–Crippen MR) is 108 cm³/mol. The highest BCUT2D eigenvalue weighted by molar-refractivity contribution is 9.10. The van der Waals surface area contributed by atoms with Gasteiger partial charge in [0.05, 0.1) is 18.7 Å². The topological polar surface area (TPSA) is 34.4 Å². The van der Waals surface area contributed by atoms with Crippen LogP contribution in [0.15, 0.2) is 63.5 Å². The molecule has 0 aliphatic carbocycles. The third-order valence-electron chi connectivity index (χ3n) is 3.65. The van der Waals surface area contributed by atoms with Crippen LogP contribution in [0, 0.1) is 0 Å². The zero-order valence-corrected chi connectivity index (χ0v) is 16.7. The molecule has 0 unspecified atom stereocenters. The summed E-state index contributed by atoms with van der Waals surface area (Å²) in [5.41, 5.74) is 2.08. The van der Waals surface area contributed by atoms with Crippen LogP contribution in [0.25, 0.3) is 11.3 Å². The lowest BCUT2D eigenvalue weighted by atomic mass is 10.2. The Kier molecular flexibility index (Phi) is 7.38. The number of rotatable bonds is 6. The van der Waals surface area contributed by atoms with E-state index in [4.69, 9.17) is 20.8 Å². The number of halogens is 3. The number of benzene rings is 2. The van der Waals surface area contributed by atoms with Crippen LogP contribution < -0.4 is 10.1 Å². The minimum absolute atomic E-state index is 0. The first kappa shape index (κ1) is 19.9. The maximum Gasteiger partial charge on any atom is 0.135 e. The van der Waals surface area contributed by atoms with Crippen molar-refractivity contribution in [1.82, 2.24) is 5.32 Å². The van der Waals surface area contributed by atoms with Crippen molar-refractivity contribution in [2.45, 2.75) is 13.1 Å². The number of ether oxygens (including phenoxy) is 1. The summed E-state index contributed by atoms with van der Waals surface area (Å²) in [5, 5.41) is 4.03. The van der Waals surface area contributed by atoms with E-state index in [2.05, 4.69) is 21.2 Å². The normalized spacial score (nSPS) is 10.4. The summed E-state index contributed by atoms with van der Waals surface area (Å²) in [6.45, 7) is 1.42. The molecule has 0 fully saturated rings. The summed E-state index contributed by atoms with van der Waals surface area (Å²) >= 11 is 9.67. The maximum atomic E-state index is 6.27. The van der Waals surface area contributed by atoms with E-state index in [1.807, 2.05) is 54.6 Å². The molecule has 0 bridgehead atoms. The van der Waals surface area contributed by atoms with Crippen molar-refractivity contribution in [2.75, 3.05) is 7.11 Å². The Morgan fingerprint density at radius 2 is 1.80 bits per heavy atom. The average Bonchev–Trinajstić information content (AvgIpc) is 3.04. The molecular formula is C19H18BrCl2NO2. The van der Waals surface area contributed by atoms with Gasteiger partial charge in [-0.15, -0.1) is 12.4 Å². The van der Waals surface area contributed by atoms with Gasteiger partial charge in [-0.1, -0.05) is 39.7 Å². The Morgan fingerprint density at radius 3 is 2.48 bits per heavy atom. The van der Waals surface area contributed by atoms with Gasteiger partial charge in [-0.3, -0.25) is 0 Å². The molecule has 1 aromatic heterocycles. The van der Waals surface area contributed by atoms with Gasteiger partial charge in [0.25, 0.3) is 0 Å². The Balaban J connectivity index is 0.00000225. The lowest BCUT2D eigenvalue weighted by Gasteiger charge is -2.05. The highest BCUT2D eigenvalue weighted by atomic mass is 79.9. The lowest BCUT2D eigenvalue weighted by molar-refractivity contribution is 0.414. The molecule has 0 aliphatic heterocycles. The molecule has 0 radical (unpaired) electrons. The van der Waals surface area contributed by atoms with Gasteiger partial charge in [-0.05, 0) is 48.0 Å². The second-order valence-electron chi connectivity index (χ2n) is 5.34. The molecule has 1 heterocycles. The van der Waals surface area contributed by atoms with Crippen molar-refractivity contribution >= 4 is 39.9 Å². The van der Waals surface area contributed by atoms with Crippen LogP contribution >= 0.6 is 39.9 Å². The Bertz CT molecular complexity index is 819. The molecule has 0 aliphatic rings. The van der Waals surface area contributed by atoms with Crippen molar-refractivity contribution in [2.24, 2.45) is 0 Å². The summed E-state index contributed by atoms with van der Waals surface area (Å²) in [6, 6.07) is 17.7. The van der Waals surface area contributed by atoms with E-state index in [9.17, 15) is 0 Å². The summed E-state index contributed by atoms with van der Waals surface area (Å²) in [6.07, 6.45) is 0. The van der Waals surface area contributed by atoms with E-state index in [1.54, 1.807) is 7.11 Å². The zero-order valence-electron chi connectivity index (χ0n) is 13.6. The van der Waals surface area contributed by atoms with Crippen molar-refractivity contribution < 1.29 is 9.15 Å². The number of hydrogen-bond acceptors (Lipinski definition) is 3. The van der Waals surface area contributed by atoms with Crippen LogP contribution in [-0.4, -0.2) is 7.11 Å². The third kappa shape index (κ3) is 5.25. The van der Waals surface area contributed by atoms with Crippen LogP contribution in [0.2, 0.25) is 5.02 Å². The maximum absolute atomic E-state index is 6.27. The molecule has 0 amide bonds. The quantitative estimate of drug-likeness (QED) is 0.502. The molecule has 2 aromatic carbocycles. The molecule has 3 nitrogen and oxygen atoms in total. The van der Waals surface area contributed by atoms with E-state index in [0.717, 1.165) is 33.9 Å². The van der Waals surface area contributed by atoms with Crippen LogP contribution in [0.5, 0.6) is 5.75 Å². The van der Waals surface area contributed by atoms with Crippen LogP contribution in [-0.2, 0) is 13.1 Å². The van der Waals surface area contributed by atoms with Crippen molar-refractivity contribution in [3.8, 4) is 17.1 Å². The fourth-order valence-corrected chi connectivity index (χ4v) is 3.15. The smallest absolute Gasteiger partial charge is 0.135 e. The molecule has 1 N–H and O–H groups in total. The Morgan fingerprint density at radius 1 is 1.04 bits per heavy atom. The molecule has 3 rings (SSSR count). The second kappa shape index (κ2) is 9.30. The van der Waals surface area contributed by atoms with Gasteiger partial charge in [-0.2, -0.15) is 0 Å². The zero-order chi connectivity index (χ0) is 16.9. The molecule has 3 aromatic rings. The molecular weight excluding hydrogens is 425 g/mol. The van der Waals surface area contributed by atoms with Crippen LogP contribution in [0.4, 0.5) is 0 Å². The van der Waals surface area contributed by atoms with Gasteiger partial charge in [0, 0.05) is 16.6 Å². The molecule has 0 saturated carbocycles. The lowest BCUT2D eigenvalue weighted by Crippen LogP contribution is -2.11. The van der Waals surface area contributed by atoms with E-state index in [-0.39, 0.29) is 12.4 Å². The first-order chi connectivity index (χ1) is 11.7. The monoisotopic (exact) mass is 441 g/mol. The molecule has 0 spiro atoms. The highest BCUT2D eigenvalue weighted by Gasteiger charge is 2.09. The van der Waals surface area contributed by atoms with Crippen LogP contribution in [0.3, 0.4) is 0 Å². The van der Waals surface area contributed by atoms with Crippen molar-refractivity contribution in [3.63, 3.8) is 0 Å². The fraction of sp³-hybridized carbons (Fsp3) is 0.158. The molecule has 132 valence electrons. The number of methoxy groups -OCH3 is 1. The molecule has 6 heteroatoms. The van der Waals surface area contributed by atoms with Gasteiger partial charge in [0.2, 0.25) is 0 Å². The Hall–Kier alpha value is -1.46. The minimum atomic E-state index is 0. The Labute approximate surface area is 166 Å². The SMILES string of the molecule is COc1ccc(CNCc2ccc(-c3ccc(Br)cc3Cl)o2)cc1.Cl. The van der Waals surface area contributed by atoms with Gasteiger partial charge in [-0.25, -0.2) is 0 Å². The van der Waals surface area contributed by atoms with E-state index >= 15 is 0 Å². The van der Waals surface area contributed by atoms with Gasteiger partial charge in [0.1, 0.15) is 17.3 Å². The van der Waals surface area contributed by atoms with Crippen molar-refractivity contribution in [3.05, 3.63) is 75.4 Å². The first-order valence-electron chi connectivity index (χ1n) is 7.53. The summed E-state index contributed by atoms with van der Waals surface area (Å²) < 4.78 is 12.0. The van der Waals surface area contributed by atoms with E-state index in [0.29, 0.717) is 11.6 Å². The average molecular weight is 443 g/mol. The molecule has 0 atom stereocenters. The number of furan rings is 1. The van der Waals surface area contributed by atoms with Gasteiger partial charge >= 0.3 is 0 Å². The number of nitrogens with one attached hydrogen (secondary N) is 1. The number of hydrogen-bond donors (Lipinski definition) is 1. The van der Waals surface area contributed by atoms with Gasteiger partial charge < -0.3 is 14.5 Å². The molecule has 25 heavy (non-hydrogen) atoms. The van der Waals surface area contributed by atoms with E-state index < -0.39 is 0 Å². The van der Waals surface area contributed by atoms with Gasteiger partial charge in [0.15, 0.2) is 0 Å². The predicted octanol–water partition coefficient (Wildman–Crippen LogP) is 6.08. The summed E-state index contributed by atoms with van der Waals surface area (Å²) in [7, 11) is 1.67. The molecule has 0 saturated heterocycles. The van der Waals surface area contributed by atoms with E-state index in [1.165, 1.54) is 5.56 Å². The summed E-state index contributed by atoms with van der Waals surface area (Å²) in [4.78, 5) is 0. The largest absolute Gasteiger partial charge is 0.497 e.